The number of thiophene rings is 4. The second kappa shape index (κ2) is 37.0. The topological polar surface area (TPSA) is 337 Å². The lowest BCUT2D eigenvalue weighted by Gasteiger charge is -2.51. The highest BCUT2D eigenvalue weighted by Gasteiger charge is 2.53. The number of benzene rings is 8. The maximum Gasteiger partial charge on any atom is 0.278 e. The molecule has 4 N–H and O–H groups in total. The van der Waals surface area contributed by atoms with Crippen molar-refractivity contribution in [1.29, 1.82) is 0 Å². The van der Waals surface area contributed by atoms with E-state index in [0.29, 0.717) is 65.8 Å². The number of nitrogens with zero attached hydrogens (tertiary/aromatic N) is 12. The van der Waals surface area contributed by atoms with E-state index in [1.54, 1.807) is 137 Å². The second-order valence-electron chi connectivity index (χ2n) is 37.0. The van der Waals surface area contributed by atoms with Gasteiger partial charge in [-0.3, -0.25) is 77.1 Å². The number of hydrogen-bond acceptors (Lipinski definition) is 28. The molecule has 4 fully saturated rings. The fourth-order valence-electron chi connectivity index (χ4n) is 23.3. The third-order valence-corrected chi connectivity index (χ3v) is 33.6. The van der Waals surface area contributed by atoms with E-state index in [-0.39, 0.29) is 83.8 Å². The average Bonchev–Trinajstić information content (AvgIpc) is 1.20. The monoisotopic (exact) mass is 2050 g/mol. The van der Waals surface area contributed by atoms with Crippen LogP contribution in [0.4, 0.5) is 0 Å². The molecule has 32 nitrogen and oxygen atoms in total. The number of amides is 4. The summed E-state index contributed by atoms with van der Waals surface area (Å²) >= 11 is 6.72. The zero-order valence-corrected chi connectivity index (χ0v) is 83.1. The van der Waals surface area contributed by atoms with Gasteiger partial charge in [-0.1, -0.05) is 133 Å². The van der Waals surface area contributed by atoms with Crippen LogP contribution in [0.1, 0.15) is 111 Å². The van der Waals surface area contributed by atoms with E-state index < -0.39 is 69.4 Å². The van der Waals surface area contributed by atoms with Crippen molar-refractivity contribution in [3.63, 3.8) is 0 Å². The van der Waals surface area contributed by atoms with Crippen molar-refractivity contribution < 1.29 is 77.5 Å². The zero-order valence-electron chi connectivity index (χ0n) is 79.8. The van der Waals surface area contributed by atoms with Crippen LogP contribution in [-0.2, 0) is 18.9 Å². The molecular formula is C112H92N12O20S4. The largest absolute Gasteiger partial charge is 0.502 e. The highest BCUT2D eigenvalue weighted by molar-refractivity contribution is 7.15. The number of hydrogen-bond donors (Lipinski definition) is 4. The summed E-state index contributed by atoms with van der Waals surface area (Å²) in [6, 6.07) is 69.4. The lowest BCUT2D eigenvalue weighted by Crippen LogP contribution is -2.66. The van der Waals surface area contributed by atoms with E-state index in [4.69, 9.17) is 37.9 Å². The number of carbonyl (C=O) groups excluding carboxylic acids is 4. The Hall–Kier alpha value is -16.3. The van der Waals surface area contributed by atoms with Crippen LogP contribution < -0.4 is 60.7 Å². The van der Waals surface area contributed by atoms with Crippen molar-refractivity contribution in [2.45, 2.75) is 48.8 Å². The molecule has 4 amide bonds. The van der Waals surface area contributed by atoms with E-state index in [1.807, 2.05) is 97.1 Å². The third-order valence-electron chi connectivity index (χ3n) is 29.8. The fraction of sp³-hybridized carbons (Fsp3) is 0.214. The molecule has 8 aliphatic heterocycles. The van der Waals surface area contributed by atoms with E-state index in [9.17, 15) is 58.8 Å². The molecule has 8 atom stereocenters. The molecule has 28 rings (SSSR count). The molecule has 12 aliphatic rings. The van der Waals surface area contributed by atoms with Crippen molar-refractivity contribution in [1.82, 2.24) is 38.3 Å². The van der Waals surface area contributed by atoms with Gasteiger partial charge in [0, 0.05) is 128 Å². The van der Waals surface area contributed by atoms with Gasteiger partial charge in [-0.05, 0) is 160 Å². The summed E-state index contributed by atoms with van der Waals surface area (Å²) in [5, 5.41) is 59.8. The number of pyridine rings is 4. The molecule has 4 aliphatic carbocycles. The summed E-state index contributed by atoms with van der Waals surface area (Å²) in [6.07, 6.45) is 4.50. The number of ether oxygens (including phenoxy) is 8. The first-order chi connectivity index (χ1) is 72.4. The molecule has 8 aromatic heterocycles. The van der Waals surface area contributed by atoms with Crippen LogP contribution in [0.15, 0.2) is 284 Å². The van der Waals surface area contributed by atoms with Crippen LogP contribution in [0.5, 0.6) is 46.0 Å². The van der Waals surface area contributed by atoms with Crippen LogP contribution in [-0.4, -0.2) is 214 Å². The molecule has 4 saturated heterocycles. The Bertz CT molecular complexity index is 7950. The summed E-state index contributed by atoms with van der Waals surface area (Å²) < 4.78 is 53.0. The summed E-state index contributed by atoms with van der Waals surface area (Å²) in [5.41, 5.74) is 18.5. The van der Waals surface area contributed by atoms with Gasteiger partial charge >= 0.3 is 0 Å². The number of fused-ring (bicyclic) bond motifs is 28. The molecule has 744 valence electrons. The molecule has 0 saturated carbocycles. The summed E-state index contributed by atoms with van der Waals surface area (Å²) in [5.74, 6) is -0.701. The van der Waals surface area contributed by atoms with Crippen LogP contribution in [0.3, 0.4) is 0 Å². The van der Waals surface area contributed by atoms with Crippen molar-refractivity contribution in [2.75, 3.05) is 128 Å². The number of rotatable bonds is 8. The Labute approximate surface area is 860 Å². The van der Waals surface area contributed by atoms with Gasteiger partial charge < -0.3 is 77.9 Å². The van der Waals surface area contributed by atoms with Gasteiger partial charge in [0.2, 0.25) is 21.7 Å². The van der Waals surface area contributed by atoms with Crippen LogP contribution in [0.2, 0.25) is 0 Å². The number of morpholine rings is 4. The lowest BCUT2D eigenvalue weighted by molar-refractivity contribution is -0.0197. The average molecular weight is 2050 g/mol. The van der Waals surface area contributed by atoms with Gasteiger partial charge in [-0.25, -0.2) is 0 Å². The van der Waals surface area contributed by atoms with Gasteiger partial charge in [0.1, 0.15) is 47.7 Å². The molecule has 16 aromatic rings. The predicted molar refractivity (Wildman–Crippen MR) is 559 cm³/mol. The maximum absolute atomic E-state index is 13.6. The zero-order chi connectivity index (χ0) is 101. The Kier molecular flexibility index (Phi) is 23.2. The van der Waals surface area contributed by atoms with Gasteiger partial charge in [-0.15, -0.1) is 45.3 Å². The minimum atomic E-state index is -0.586. The molecule has 36 heteroatoms. The van der Waals surface area contributed by atoms with Gasteiger partial charge in [0.25, 0.3) is 23.6 Å². The SMILES string of the molecule is COc1ccc2c(c1)-c1ccsc1-c1ccccc1[C@@H]2N1[C@@H]2COCCN2C(=O)c2c(O)c(=O)ccn21.COc1ccc2c(c1)-c1ccsc1-c1ccccc1[C@H]2N1[C@@H]2COCCN2C(=O)c2c(O)c(=O)ccn21.COc1cccc2c1-c1ccsc1-c1ccccc1[C@@H]2N1[C@@H]2COCCN2C(=O)c2c(O)c(=O)ccn21.COc1cccc2c1-c1ccsc1-c1ccccc1[C@H]2N1[C@@H]2COCCN2C(=O)c2c(O)c(=O)ccn21. The Balaban J connectivity index is 0.000000103. The molecule has 0 spiro atoms. The summed E-state index contributed by atoms with van der Waals surface area (Å²) in [4.78, 5) is 115. The smallest absolute Gasteiger partial charge is 0.278 e. The Morgan fingerprint density at radius 3 is 0.811 bits per heavy atom. The van der Waals surface area contributed by atoms with Crippen molar-refractivity contribution in [3.8, 4) is 132 Å². The quantitative estimate of drug-likeness (QED) is 0.110. The Morgan fingerprint density at radius 2 is 0.527 bits per heavy atom. The van der Waals surface area contributed by atoms with E-state index in [1.165, 1.54) is 24.3 Å². The van der Waals surface area contributed by atoms with Crippen molar-refractivity contribution in [2.24, 2.45) is 0 Å². The maximum atomic E-state index is 13.6. The van der Waals surface area contributed by atoms with E-state index in [0.717, 1.165) is 154 Å². The first kappa shape index (κ1) is 92.8. The fourth-order valence-corrected chi connectivity index (χ4v) is 27.1. The number of aromatic hydroxyl groups is 4. The van der Waals surface area contributed by atoms with Gasteiger partial charge in [0.05, 0.1) is 105 Å². The van der Waals surface area contributed by atoms with E-state index in [2.05, 4.69) is 139 Å². The molecule has 0 unspecified atom stereocenters. The van der Waals surface area contributed by atoms with Gasteiger partial charge in [0.15, 0.2) is 45.8 Å². The highest BCUT2D eigenvalue weighted by Crippen LogP contribution is 2.59. The summed E-state index contributed by atoms with van der Waals surface area (Å²) in [7, 11) is 6.65. The highest BCUT2D eigenvalue weighted by atomic mass is 32.1. The molecule has 16 heterocycles. The molecule has 0 bridgehead atoms. The van der Waals surface area contributed by atoms with Crippen LogP contribution >= 0.6 is 45.3 Å². The van der Waals surface area contributed by atoms with Gasteiger partial charge in [-0.2, -0.15) is 0 Å². The van der Waals surface area contributed by atoms with Crippen LogP contribution in [0, 0.1) is 0 Å². The molecular weight excluding hydrogens is 1960 g/mol. The normalized spacial score (nSPS) is 19.8. The van der Waals surface area contributed by atoms with Crippen LogP contribution in [0.25, 0.3) is 86.3 Å². The number of aromatic nitrogens is 4. The Morgan fingerprint density at radius 1 is 0.270 bits per heavy atom. The first-order valence-electron chi connectivity index (χ1n) is 48.2. The minimum absolute atomic E-state index is 0.0304. The first-order valence-corrected chi connectivity index (χ1v) is 51.7. The van der Waals surface area contributed by atoms with Crippen molar-refractivity contribution in [3.05, 3.63) is 373 Å². The lowest BCUT2D eigenvalue weighted by atomic mass is 9.91. The molecule has 0 radical (unpaired) electrons. The number of methoxy groups -OCH3 is 4. The molecule has 8 aromatic carbocycles. The third kappa shape index (κ3) is 14.4. The minimum Gasteiger partial charge on any atom is -0.502 e. The predicted octanol–water partition coefficient (Wildman–Crippen LogP) is 15.2. The van der Waals surface area contributed by atoms with E-state index >= 15 is 0 Å². The summed E-state index contributed by atoms with van der Waals surface area (Å²) in [6.45, 7) is 4.15. The number of carbonyl (C=O) groups is 4. The second-order valence-corrected chi connectivity index (χ2v) is 40.7. The standard InChI is InChI=1S/4C28H23N3O5S/c2*1-35-21-8-4-7-18-23(21)19-10-14-37-27(19)17-6-3-2-5-16(17)24(18)31-22-15-36-13-12-29(22)28(34)25-26(33)20(32)9-11-30(25)31;2*1-35-16-6-7-18-21(14-16)20-9-13-37-27(20)19-5-3-2-4-17(19)24(18)31-23-15-36-12-11-29(23)28(34)25-26(33)22(32)8-10-30(25)31/h2*2-11,14,22,24,33H,12-13,15H2,1H3;2*2-10,13-14,23-24,33H,11-12,15H2,1H3/t22-,24+;22-,24-;23-,24+;23-,24-/m1111/s1. The van der Waals surface area contributed by atoms with Crippen molar-refractivity contribution >= 4 is 69.0 Å². The molecule has 148 heavy (non-hydrogen) atoms.